The lowest BCUT2D eigenvalue weighted by Crippen LogP contribution is -2.32. The molecular weight excluding hydrogens is 134 g/mol. The summed E-state index contributed by atoms with van der Waals surface area (Å²) in [7, 11) is 2.04. The average molecular weight is 153 g/mol. The zero-order valence-electron chi connectivity index (χ0n) is 7.85. The molecule has 64 valence electrons. The van der Waals surface area contributed by atoms with Gasteiger partial charge < -0.3 is 5.32 Å². The van der Waals surface area contributed by atoms with Crippen molar-refractivity contribution >= 4 is 0 Å². The molecule has 0 saturated carbocycles. The molecule has 0 amide bonds. The lowest BCUT2D eigenvalue weighted by atomic mass is 9.73. The third-order valence-corrected chi connectivity index (χ3v) is 2.73. The third-order valence-electron chi connectivity index (χ3n) is 2.73. The van der Waals surface area contributed by atoms with Crippen LogP contribution in [0.3, 0.4) is 0 Å². The molecule has 1 rings (SSSR count). The van der Waals surface area contributed by atoms with E-state index in [2.05, 4.69) is 31.3 Å². The Morgan fingerprint density at radius 3 is 2.82 bits per heavy atom. The van der Waals surface area contributed by atoms with Crippen molar-refractivity contribution in [2.45, 2.75) is 26.7 Å². The van der Waals surface area contributed by atoms with Crippen molar-refractivity contribution in [1.82, 2.24) is 5.32 Å². The predicted octanol–water partition coefficient (Wildman–Crippen LogP) is 2.20. The molecule has 0 heterocycles. The van der Waals surface area contributed by atoms with Crippen molar-refractivity contribution in [2.75, 3.05) is 13.6 Å². The Balaban J connectivity index is 2.57. The Morgan fingerprint density at radius 1 is 1.55 bits per heavy atom. The summed E-state index contributed by atoms with van der Waals surface area (Å²) in [6.45, 7) is 5.80. The topological polar surface area (TPSA) is 12.0 Å². The van der Waals surface area contributed by atoms with Crippen molar-refractivity contribution in [3.8, 4) is 0 Å². The van der Waals surface area contributed by atoms with E-state index in [0.29, 0.717) is 5.41 Å². The van der Waals surface area contributed by atoms with Crippen LogP contribution in [0.25, 0.3) is 0 Å². The summed E-state index contributed by atoms with van der Waals surface area (Å²) in [6.07, 6.45) is 7.27. The van der Waals surface area contributed by atoms with Gasteiger partial charge in [-0.05, 0) is 37.8 Å². The first-order valence-corrected chi connectivity index (χ1v) is 4.49. The number of hydrogen-bond donors (Lipinski definition) is 1. The van der Waals surface area contributed by atoms with Crippen LogP contribution in [0.4, 0.5) is 0 Å². The van der Waals surface area contributed by atoms with Gasteiger partial charge in [0.25, 0.3) is 0 Å². The highest BCUT2D eigenvalue weighted by Gasteiger charge is 2.27. The second kappa shape index (κ2) is 3.40. The van der Waals surface area contributed by atoms with Crippen molar-refractivity contribution in [3.05, 3.63) is 12.2 Å². The minimum atomic E-state index is 0.404. The maximum atomic E-state index is 3.26. The molecule has 1 aliphatic rings. The Morgan fingerprint density at radius 2 is 2.27 bits per heavy atom. The maximum absolute atomic E-state index is 3.26. The molecule has 0 saturated heterocycles. The molecule has 1 unspecified atom stereocenters. The number of hydrogen-bond acceptors (Lipinski definition) is 1. The minimum Gasteiger partial charge on any atom is -0.319 e. The molecule has 1 heteroatoms. The van der Waals surface area contributed by atoms with Crippen LogP contribution in [-0.2, 0) is 0 Å². The normalized spacial score (nSPS) is 28.8. The van der Waals surface area contributed by atoms with Gasteiger partial charge in [0.1, 0.15) is 0 Å². The molecule has 1 atom stereocenters. The Labute approximate surface area is 69.9 Å². The van der Waals surface area contributed by atoms with Crippen molar-refractivity contribution in [2.24, 2.45) is 11.3 Å². The Kier molecular flexibility index (Phi) is 2.72. The summed E-state index contributed by atoms with van der Waals surface area (Å²) in [6, 6.07) is 0. The van der Waals surface area contributed by atoms with Crippen LogP contribution >= 0.6 is 0 Å². The van der Waals surface area contributed by atoms with Crippen LogP contribution in [0.2, 0.25) is 0 Å². The summed E-state index contributed by atoms with van der Waals surface area (Å²) in [4.78, 5) is 0. The van der Waals surface area contributed by atoms with E-state index < -0.39 is 0 Å². The van der Waals surface area contributed by atoms with Gasteiger partial charge in [-0.25, -0.2) is 0 Å². The third kappa shape index (κ3) is 2.06. The lowest BCUT2D eigenvalue weighted by Gasteiger charge is -2.34. The molecule has 0 aromatic rings. The van der Waals surface area contributed by atoms with E-state index in [0.717, 1.165) is 12.5 Å². The molecule has 0 aromatic carbocycles. The van der Waals surface area contributed by atoms with Gasteiger partial charge in [0.2, 0.25) is 0 Å². The van der Waals surface area contributed by atoms with Gasteiger partial charge in [-0.1, -0.05) is 26.0 Å². The van der Waals surface area contributed by atoms with Gasteiger partial charge in [0.05, 0.1) is 0 Å². The molecule has 0 fully saturated rings. The van der Waals surface area contributed by atoms with E-state index in [1.807, 2.05) is 7.05 Å². The molecule has 0 bridgehead atoms. The highest BCUT2D eigenvalue weighted by atomic mass is 14.8. The van der Waals surface area contributed by atoms with Gasteiger partial charge in [0.15, 0.2) is 0 Å². The van der Waals surface area contributed by atoms with E-state index in [4.69, 9.17) is 0 Å². The SMILES string of the molecule is CNCC1CCC=CC1(C)C. The fraction of sp³-hybridized carbons (Fsp3) is 0.800. The second-order valence-electron chi connectivity index (χ2n) is 4.06. The second-order valence-corrected chi connectivity index (χ2v) is 4.06. The first-order valence-electron chi connectivity index (χ1n) is 4.49. The Bertz CT molecular complexity index is 147. The zero-order valence-corrected chi connectivity index (χ0v) is 7.85. The molecule has 0 aromatic heterocycles. The monoisotopic (exact) mass is 153 g/mol. The predicted molar refractivity (Wildman–Crippen MR) is 49.6 cm³/mol. The summed E-state index contributed by atoms with van der Waals surface area (Å²) in [5.41, 5.74) is 0.404. The first-order chi connectivity index (χ1) is 5.17. The largest absolute Gasteiger partial charge is 0.319 e. The number of rotatable bonds is 2. The fourth-order valence-corrected chi connectivity index (χ4v) is 1.80. The molecule has 0 radical (unpaired) electrons. The van der Waals surface area contributed by atoms with Crippen molar-refractivity contribution in [1.29, 1.82) is 0 Å². The quantitative estimate of drug-likeness (QED) is 0.600. The molecule has 1 aliphatic carbocycles. The Hall–Kier alpha value is -0.300. The smallest absolute Gasteiger partial charge is 0.00153 e. The molecule has 1 N–H and O–H groups in total. The number of nitrogens with one attached hydrogen (secondary N) is 1. The summed E-state index contributed by atoms with van der Waals surface area (Å²) < 4.78 is 0. The van der Waals surface area contributed by atoms with Crippen LogP contribution in [0.5, 0.6) is 0 Å². The van der Waals surface area contributed by atoms with Crippen LogP contribution in [0.15, 0.2) is 12.2 Å². The standard InChI is InChI=1S/C10H19N/c1-10(2)7-5-4-6-9(10)8-11-3/h5,7,9,11H,4,6,8H2,1-3H3. The molecular formula is C10H19N. The zero-order chi connectivity index (χ0) is 8.32. The van der Waals surface area contributed by atoms with Gasteiger partial charge in [-0.15, -0.1) is 0 Å². The average Bonchev–Trinajstić information content (AvgIpc) is 1.94. The van der Waals surface area contributed by atoms with Crippen LogP contribution in [0, 0.1) is 11.3 Å². The van der Waals surface area contributed by atoms with Crippen molar-refractivity contribution < 1.29 is 0 Å². The molecule has 11 heavy (non-hydrogen) atoms. The van der Waals surface area contributed by atoms with E-state index in [9.17, 15) is 0 Å². The van der Waals surface area contributed by atoms with Crippen LogP contribution in [0.1, 0.15) is 26.7 Å². The van der Waals surface area contributed by atoms with Gasteiger partial charge in [-0.2, -0.15) is 0 Å². The lowest BCUT2D eigenvalue weighted by molar-refractivity contribution is 0.249. The summed E-state index contributed by atoms with van der Waals surface area (Å²) >= 11 is 0. The molecule has 0 aliphatic heterocycles. The fourth-order valence-electron chi connectivity index (χ4n) is 1.80. The molecule has 1 nitrogen and oxygen atoms in total. The number of allylic oxidation sites excluding steroid dienone is 2. The first kappa shape index (κ1) is 8.79. The van der Waals surface area contributed by atoms with Crippen LogP contribution < -0.4 is 5.32 Å². The van der Waals surface area contributed by atoms with E-state index in [1.54, 1.807) is 0 Å². The highest BCUT2D eigenvalue weighted by molar-refractivity contribution is 5.03. The maximum Gasteiger partial charge on any atom is -0.00153 e. The van der Waals surface area contributed by atoms with Crippen LogP contribution in [-0.4, -0.2) is 13.6 Å². The summed E-state index contributed by atoms with van der Waals surface area (Å²) in [5, 5.41) is 3.26. The van der Waals surface area contributed by atoms with Gasteiger partial charge >= 0.3 is 0 Å². The molecule has 0 spiro atoms. The summed E-state index contributed by atoms with van der Waals surface area (Å²) in [5.74, 6) is 0.817. The van der Waals surface area contributed by atoms with Gasteiger partial charge in [-0.3, -0.25) is 0 Å². The highest BCUT2D eigenvalue weighted by Crippen LogP contribution is 2.35. The van der Waals surface area contributed by atoms with Gasteiger partial charge in [0, 0.05) is 0 Å². The minimum absolute atomic E-state index is 0.404. The van der Waals surface area contributed by atoms with E-state index >= 15 is 0 Å². The van der Waals surface area contributed by atoms with E-state index in [-0.39, 0.29) is 0 Å². The van der Waals surface area contributed by atoms with Crippen molar-refractivity contribution in [3.63, 3.8) is 0 Å². The van der Waals surface area contributed by atoms with E-state index in [1.165, 1.54) is 12.8 Å².